The number of ether oxygens (including phenoxy) is 2. The van der Waals surface area contributed by atoms with Crippen LogP contribution in [-0.4, -0.2) is 33.5 Å². The van der Waals surface area contributed by atoms with Crippen molar-refractivity contribution in [3.05, 3.63) is 46.6 Å². The quantitative estimate of drug-likeness (QED) is 0.506. The highest BCUT2D eigenvalue weighted by Gasteiger charge is 2.21. The lowest BCUT2D eigenvalue weighted by molar-refractivity contribution is -0.119. The first-order valence-electron chi connectivity index (χ1n) is 9.10. The molecule has 0 bridgehead atoms. The Labute approximate surface area is 171 Å². The molecule has 2 aromatic heterocycles. The normalized spacial score (nSPS) is 13.1. The molecule has 1 aliphatic rings. The first-order valence-corrected chi connectivity index (χ1v) is 10.1. The minimum absolute atomic E-state index is 0.112. The molecule has 0 aliphatic carbocycles. The monoisotopic (exact) mass is 415 g/mol. The molecule has 0 fully saturated rings. The summed E-state index contributed by atoms with van der Waals surface area (Å²) in [5, 5.41) is 3.76. The van der Waals surface area contributed by atoms with Gasteiger partial charge in [-0.3, -0.25) is 14.2 Å². The Bertz CT molecular complexity index is 1120. The molecule has 1 aromatic carbocycles. The maximum absolute atomic E-state index is 13.2. The van der Waals surface area contributed by atoms with Gasteiger partial charge in [0.1, 0.15) is 5.76 Å². The highest BCUT2D eigenvalue weighted by molar-refractivity contribution is 7.99. The average molecular weight is 415 g/mol. The fraction of sp³-hybridized carbons (Fsp3) is 0.350. The van der Waals surface area contributed by atoms with Gasteiger partial charge in [-0.25, -0.2) is 4.98 Å². The number of rotatable bonds is 5. The zero-order chi connectivity index (χ0) is 20.6. The molecule has 152 valence electrons. The summed E-state index contributed by atoms with van der Waals surface area (Å²) >= 11 is 1.21. The van der Waals surface area contributed by atoms with Gasteiger partial charge in [-0.05, 0) is 39.0 Å². The molecule has 0 radical (unpaired) electrons. The van der Waals surface area contributed by atoms with Crippen molar-refractivity contribution in [3.8, 4) is 11.5 Å². The SMILES string of the molecule is CC(C)(C)NC(=O)CSc1nc2cc3c(cc2c(=O)n1Cc1ccco1)OCO3. The Kier molecular flexibility index (Phi) is 4.99. The predicted octanol–water partition coefficient (Wildman–Crippen LogP) is 2.77. The number of nitrogens with zero attached hydrogens (tertiary/aromatic N) is 2. The first-order chi connectivity index (χ1) is 13.8. The van der Waals surface area contributed by atoms with Gasteiger partial charge in [0.15, 0.2) is 16.7 Å². The van der Waals surface area contributed by atoms with Crippen molar-refractivity contribution in [2.24, 2.45) is 0 Å². The fourth-order valence-corrected chi connectivity index (χ4v) is 3.78. The van der Waals surface area contributed by atoms with Crippen molar-refractivity contribution in [1.29, 1.82) is 0 Å². The minimum Gasteiger partial charge on any atom is -0.467 e. The number of hydrogen-bond acceptors (Lipinski definition) is 7. The Hall–Kier alpha value is -2.94. The van der Waals surface area contributed by atoms with Gasteiger partial charge in [0.25, 0.3) is 5.56 Å². The van der Waals surface area contributed by atoms with E-state index in [1.54, 1.807) is 30.5 Å². The summed E-state index contributed by atoms with van der Waals surface area (Å²) in [6, 6.07) is 6.88. The molecular formula is C20H21N3O5S. The van der Waals surface area contributed by atoms with Crippen LogP contribution in [0.4, 0.5) is 0 Å². The summed E-state index contributed by atoms with van der Waals surface area (Å²) in [7, 11) is 0. The molecule has 4 rings (SSSR count). The van der Waals surface area contributed by atoms with Crippen LogP contribution >= 0.6 is 11.8 Å². The Balaban J connectivity index is 1.73. The zero-order valence-electron chi connectivity index (χ0n) is 16.4. The van der Waals surface area contributed by atoms with Crippen LogP contribution in [0.25, 0.3) is 10.9 Å². The molecular weight excluding hydrogens is 394 g/mol. The van der Waals surface area contributed by atoms with Crippen molar-refractivity contribution in [3.63, 3.8) is 0 Å². The summed E-state index contributed by atoms with van der Waals surface area (Å²) in [5.74, 6) is 1.69. The van der Waals surface area contributed by atoms with Gasteiger partial charge in [-0.2, -0.15) is 0 Å². The lowest BCUT2D eigenvalue weighted by Gasteiger charge is -2.20. The first kappa shape index (κ1) is 19.4. The summed E-state index contributed by atoms with van der Waals surface area (Å²) in [4.78, 5) is 30.1. The second-order valence-corrected chi connectivity index (χ2v) is 8.62. The van der Waals surface area contributed by atoms with Gasteiger partial charge in [-0.15, -0.1) is 0 Å². The maximum Gasteiger partial charge on any atom is 0.262 e. The molecule has 0 saturated heterocycles. The van der Waals surface area contributed by atoms with Crippen molar-refractivity contribution in [2.75, 3.05) is 12.5 Å². The summed E-state index contributed by atoms with van der Waals surface area (Å²) in [6.07, 6.45) is 1.55. The van der Waals surface area contributed by atoms with E-state index in [1.165, 1.54) is 16.3 Å². The minimum atomic E-state index is -0.333. The van der Waals surface area contributed by atoms with Gasteiger partial charge >= 0.3 is 0 Å². The molecule has 1 aliphatic heterocycles. The molecule has 1 amide bonds. The fourth-order valence-electron chi connectivity index (χ4n) is 2.98. The van der Waals surface area contributed by atoms with Gasteiger partial charge in [0.05, 0.1) is 29.5 Å². The van der Waals surface area contributed by atoms with Crippen LogP contribution < -0.4 is 20.3 Å². The summed E-state index contributed by atoms with van der Waals surface area (Å²) < 4.78 is 17.7. The van der Waals surface area contributed by atoms with Crippen LogP contribution in [0.15, 0.2) is 44.9 Å². The number of hydrogen-bond donors (Lipinski definition) is 1. The van der Waals surface area contributed by atoms with Crippen molar-refractivity contribution in [2.45, 2.75) is 38.0 Å². The van der Waals surface area contributed by atoms with Crippen molar-refractivity contribution < 1.29 is 18.7 Å². The van der Waals surface area contributed by atoms with E-state index in [-0.39, 0.29) is 36.1 Å². The molecule has 9 heteroatoms. The standard InChI is InChI=1S/C20H21N3O5S/c1-20(2,3)22-17(24)10-29-19-21-14-8-16-15(27-11-28-16)7-13(14)18(25)23(19)9-12-5-4-6-26-12/h4-8H,9-11H2,1-3H3,(H,22,24). The molecule has 8 nitrogen and oxygen atoms in total. The second kappa shape index (κ2) is 7.47. The molecule has 0 spiro atoms. The van der Waals surface area contributed by atoms with E-state index >= 15 is 0 Å². The predicted molar refractivity (Wildman–Crippen MR) is 109 cm³/mol. The molecule has 0 atom stereocenters. The number of amides is 1. The van der Waals surface area contributed by atoms with E-state index in [1.807, 2.05) is 20.8 Å². The van der Waals surface area contributed by atoms with E-state index in [4.69, 9.17) is 13.9 Å². The topological polar surface area (TPSA) is 95.6 Å². The van der Waals surface area contributed by atoms with Crippen LogP contribution in [0.5, 0.6) is 11.5 Å². The largest absolute Gasteiger partial charge is 0.467 e. The molecule has 0 unspecified atom stereocenters. The van der Waals surface area contributed by atoms with E-state index in [2.05, 4.69) is 10.3 Å². The third-order valence-corrected chi connectivity index (χ3v) is 5.13. The number of nitrogens with one attached hydrogen (secondary N) is 1. The average Bonchev–Trinajstić information content (AvgIpc) is 3.31. The Morgan fingerprint density at radius 1 is 1.28 bits per heavy atom. The summed E-state index contributed by atoms with van der Waals surface area (Å²) in [5.41, 5.74) is -0.0719. The Morgan fingerprint density at radius 2 is 2.03 bits per heavy atom. The van der Waals surface area contributed by atoms with Gasteiger partial charge in [0, 0.05) is 11.6 Å². The molecule has 0 saturated carbocycles. The maximum atomic E-state index is 13.2. The van der Waals surface area contributed by atoms with Crippen LogP contribution in [0.1, 0.15) is 26.5 Å². The van der Waals surface area contributed by atoms with Crippen LogP contribution in [0.3, 0.4) is 0 Å². The van der Waals surface area contributed by atoms with Crippen LogP contribution in [0.2, 0.25) is 0 Å². The number of aromatic nitrogens is 2. The molecule has 1 N–H and O–H groups in total. The smallest absolute Gasteiger partial charge is 0.262 e. The Morgan fingerprint density at radius 3 is 2.72 bits per heavy atom. The summed E-state index contributed by atoms with van der Waals surface area (Å²) in [6.45, 7) is 6.07. The number of furan rings is 1. The van der Waals surface area contributed by atoms with Gasteiger partial charge in [-0.1, -0.05) is 11.8 Å². The number of carbonyl (C=O) groups is 1. The number of benzene rings is 1. The number of carbonyl (C=O) groups excluding carboxylic acids is 1. The van der Waals surface area contributed by atoms with Crippen LogP contribution in [0, 0.1) is 0 Å². The lowest BCUT2D eigenvalue weighted by Crippen LogP contribution is -2.41. The highest BCUT2D eigenvalue weighted by Crippen LogP contribution is 2.35. The molecule has 3 heterocycles. The van der Waals surface area contributed by atoms with E-state index in [9.17, 15) is 9.59 Å². The highest BCUT2D eigenvalue weighted by atomic mass is 32.2. The molecule has 3 aromatic rings. The number of fused-ring (bicyclic) bond motifs is 2. The number of thioether (sulfide) groups is 1. The molecule has 29 heavy (non-hydrogen) atoms. The van der Waals surface area contributed by atoms with Crippen molar-refractivity contribution in [1.82, 2.24) is 14.9 Å². The third kappa shape index (κ3) is 4.24. The zero-order valence-corrected chi connectivity index (χ0v) is 17.2. The van der Waals surface area contributed by atoms with Gasteiger partial charge < -0.3 is 19.2 Å². The van der Waals surface area contributed by atoms with E-state index < -0.39 is 0 Å². The third-order valence-electron chi connectivity index (χ3n) is 4.15. The van der Waals surface area contributed by atoms with Crippen molar-refractivity contribution >= 4 is 28.6 Å². The second-order valence-electron chi connectivity index (χ2n) is 7.67. The van der Waals surface area contributed by atoms with Gasteiger partial charge in [0.2, 0.25) is 12.7 Å². The lowest BCUT2D eigenvalue weighted by atomic mass is 10.1. The van der Waals surface area contributed by atoms with E-state index in [0.29, 0.717) is 33.3 Å². The van der Waals surface area contributed by atoms with E-state index in [0.717, 1.165) is 0 Å². The van der Waals surface area contributed by atoms with Crippen LogP contribution in [-0.2, 0) is 11.3 Å².